The van der Waals surface area contributed by atoms with Gasteiger partial charge in [-0.3, -0.25) is 25.0 Å². The van der Waals surface area contributed by atoms with Gasteiger partial charge >= 0.3 is 17.3 Å². The Morgan fingerprint density at radius 3 is 2.47 bits per heavy atom. The van der Waals surface area contributed by atoms with Crippen molar-refractivity contribution in [2.45, 2.75) is 12.8 Å². The molecule has 0 amide bonds. The molecule has 102 valence electrons. The number of para-hydroxylation sites is 1. The summed E-state index contributed by atoms with van der Waals surface area (Å²) < 4.78 is 0. The highest BCUT2D eigenvalue weighted by molar-refractivity contribution is 5.71. The van der Waals surface area contributed by atoms with E-state index in [9.17, 15) is 25.0 Å². The van der Waals surface area contributed by atoms with Crippen LogP contribution in [0.5, 0.6) is 0 Å². The molecule has 0 aliphatic carbocycles. The van der Waals surface area contributed by atoms with Crippen LogP contribution in [-0.4, -0.2) is 27.5 Å². The van der Waals surface area contributed by atoms with Crippen molar-refractivity contribution in [3.63, 3.8) is 0 Å². The predicted molar refractivity (Wildman–Crippen MR) is 65.1 cm³/mol. The first kappa shape index (κ1) is 14.4. The van der Waals surface area contributed by atoms with Crippen molar-refractivity contribution < 1.29 is 19.7 Å². The molecule has 0 unspecified atom stereocenters. The molecule has 1 aromatic carbocycles. The standard InChI is InChI=1S/C10H11N3O6/c14-9(15)5-2-6-11-7-3-1-4-8(12(16)17)10(7)13(18)19/h1,3-4,11H,2,5-6H2,(H,14,15). The van der Waals surface area contributed by atoms with Gasteiger partial charge in [-0.1, -0.05) is 6.07 Å². The number of carbonyl (C=O) groups is 1. The topological polar surface area (TPSA) is 136 Å². The van der Waals surface area contributed by atoms with Crippen LogP contribution in [0.15, 0.2) is 18.2 Å². The lowest BCUT2D eigenvalue weighted by Crippen LogP contribution is -2.07. The van der Waals surface area contributed by atoms with Gasteiger partial charge in [-0.05, 0) is 12.5 Å². The van der Waals surface area contributed by atoms with Crippen molar-refractivity contribution in [1.82, 2.24) is 0 Å². The van der Waals surface area contributed by atoms with Crippen LogP contribution in [0.25, 0.3) is 0 Å². The van der Waals surface area contributed by atoms with Gasteiger partial charge in [0.1, 0.15) is 5.69 Å². The molecule has 9 heteroatoms. The summed E-state index contributed by atoms with van der Waals surface area (Å²) >= 11 is 0. The number of nitro groups is 2. The monoisotopic (exact) mass is 269 g/mol. The van der Waals surface area contributed by atoms with E-state index in [2.05, 4.69) is 5.32 Å². The average molecular weight is 269 g/mol. The molecule has 0 heterocycles. The summed E-state index contributed by atoms with van der Waals surface area (Å²) in [4.78, 5) is 30.2. The smallest absolute Gasteiger partial charge is 0.368 e. The van der Waals surface area contributed by atoms with Crippen LogP contribution in [0.3, 0.4) is 0 Å². The van der Waals surface area contributed by atoms with Crippen LogP contribution in [0.2, 0.25) is 0 Å². The Kier molecular flexibility index (Phi) is 4.75. The highest BCUT2D eigenvalue weighted by Crippen LogP contribution is 2.34. The third kappa shape index (κ3) is 3.91. The number of hydrogen-bond acceptors (Lipinski definition) is 6. The third-order valence-electron chi connectivity index (χ3n) is 2.28. The van der Waals surface area contributed by atoms with Crippen LogP contribution in [0, 0.1) is 20.2 Å². The zero-order valence-electron chi connectivity index (χ0n) is 9.74. The van der Waals surface area contributed by atoms with Crippen LogP contribution in [0.1, 0.15) is 12.8 Å². The van der Waals surface area contributed by atoms with Crippen molar-refractivity contribution in [1.29, 1.82) is 0 Å². The van der Waals surface area contributed by atoms with Crippen LogP contribution >= 0.6 is 0 Å². The van der Waals surface area contributed by atoms with Gasteiger partial charge in [0.15, 0.2) is 0 Å². The molecule has 0 spiro atoms. The zero-order valence-corrected chi connectivity index (χ0v) is 9.74. The van der Waals surface area contributed by atoms with E-state index in [0.29, 0.717) is 0 Å². The summed E-state index contributed by atoms with van der Waals surface area (Å²) in [6.45, 7) is 0.175. The fourth-order valence-corrected chi connectivity index (χ4v) is 1.48. The Bertz CT molecular complexity index is 516. The Morgan fingerprint density at radius 1 is 1.26 bits per heavy atom. The second kappa shape index (κ2) is 6.28. The molecule has 1 aromatic rings. The van der Waals surface area contributed by atoms with Gasteiger partial charge in [-0.2, -0.15) is 0 Å². The van der Waals surface area contributed by atoms with E-state index in [1.807, 2.05) is 0 Å². The minimum atomic E-state index is -0.977. The number of nitro benzene ring substituents is 2. The second-order valence-electron chi connectivity index (χ2n) is 3.61. The zero-order chi connectivity index (χ0) is 14.4. The summed E-state index contributed by atoms with van der Waals surface area (Å²) in [5.41, 5.74) is -1.22. The Hall–Kier alpha value is -2.71. The number of carboxylic acids is 1. The van der Waals surface area contributed by atoms with Crippen molar-refractivity contribution in [2.24, 2.45) is 0 Å². The maximum absolute atomic E-state index is 10.9. The van der Waals surface area contributed by atoms with Gasteiger partial charge in [0, 0.05) is 19.0 Å². The fraction of sp³-hybridized carbons (Fsp3) is 0.300. The quantitative estimate of drug-likeness (QED) is 0.437. The molecule has 0 radical (unpaired) electrons. The number of anilines is 1. The van der Waals surface area contributed by atoms with Crippen molar-refractivity contribution >= 4 is 23.0 Å². The van der Waals surface area contributed by atoms with Gasteiger partial charge in [-0.25, -0.2) is 0 Å². The number of hydrogen-bond donors (Lipinski definition) is 2. The molecule has 0 saturated heterocycles. The summed E-state index contributed by atoms with van der Waals surface area (Å²) in [5.74, 6) is -0.977. The highest BCUT2D eigenvalue weighted by Gasteiger charge is 2.27. The molecule has 2 N–H and O–H groups in total. The minimum absolute atomic E-state index is 0.00425. The first-order chi connectivity index (χ1) is 8.93. The van der Waals surface area contributed by atoms with E-state index in [1.165, 1.54) is 12.1 Å². The molecule has 0 aliphatic rings. The van der Waals surface area contributed by atoms with Crippen molar-refractivity contribution in [2.75, 3.05) is 11.9 Å². The summed E-state index contributed by atoms with van der Waals surface area (Å²) in [7, 11) is 0. The Morgan fingerprint density at radius 2 is 1.95 bits per heavy atom. The molecule has 9 nitrogen and oxygen atoms in total. The summed E-state index contributed by atoms with van der Waals surface area (Å²) in [6.07, 6.45) is 0.172. The number of aliphatic carboxylic acids is 1. The van der Waals surface area contributed by atoms with Crippen LogP contribution < -0.4 is 5.32 Å². The van der Waals surface area contributed by atoms with Crippen LogP contribution in [-0.2, 0) is 4.79 Å². The minimum Gasteiger partial charge on any atom is -0.481 e. The van der Waals surface area contributed by atoms with Crippen molar-refractivity contribution in [3.8, 4) is 0 Å². The summed E-state index contributed by atoms with van der Waals surface area (Å²) in [5, 5.41) is 32.6. The molecule has 0 atom stereocenters. The third-order valence-corrected chi connectivity index (χ3v) is 2.28. The first-order valence-corrected chi connectivity index (χ1v) is 5.31. The number of rotatable bonds is 7. The molecular weight excluding hydrogens is 258 g/mol. The molecule has 0 aromatic heterocycles. The summed E-state index contributed by atoms with van der Waals surface area (Å²) in [6, 6.07) is 3.71. The number of benzene rings is 1. The number of nitrogens with one attached hydrogen (secondary N) is 1. The van der Waals surface area contributed by atoms with Gasteiger partial charge in [0.2, 0.25) is 0 Å². The second-order valence-corrected chi connectivity index (χ2v) is 3.61. The maximum atomic E-state index is 10.9. The SMILES string of the molecule is O=C(O)CCCNc1cccc([N+](=O)[O-])c1[N+](=O)[O-]. The van der Waals surface area contributed by atoms with Gasteiger partial charge in [0.25, 0.3) is 0 Å². The van der Waals surface area contributed by atoms with E-state index < -0.39 is 27.2 Å². The van der Waals surface area contributed by atoms with E-state index >= 15 is 0 Å². The average Bonchev–Trinajstić information content (AvgIpc) is 2.33. The molecule has 0 saturated carbocycles. The van der Waals surface area contributed by atoms with Gasteiger partial charge in [0.05, 0.1) is 9.85 Å². The lowest BCUT2D eigenvalue weighted by atomic mass is 10.2. The van der Waals surface area contributed by atoms with Crippen LogP contribution in [0.4, 0.5) is 17.1 Å². The number of carboxylic acid groups (broad SMARTS) is 1. The lowest BCUT2D eigenvalue weighted by molar-refractivity contribution is -0.421. The van der Waals surface area contributed by atoms with Gasteiger partial charge < -0.3 is 10.4 Å². The fourth-order valence-electron chi connectivity index (χ4n) is 1.48. The molecular formula is C10H11N3O6. The molecule has 0 fully saturated rings. The largest absolute Gasteiger partial charge is 0.481 e. The van der Waals surface area contributed by atoms with E-state index in [0.717, 1.165) is 6.07 Å². The highest BCUT2D eigenvalue weighted by atomic mass is 16.6. The van der Waals surface area contributed by atoms with E-state index in [4.69, 9.17) is 5.11 Å². The van der Waals surface area contributed by atoms with E-state index in [1.54, 1.807) is 0 Å². The molecule has 0 aliphatic heterocycles. The molecule has 0 bridgehead atoms. The normalized spacial score (nSPS) is 9.89. The van der Waals surface area contributed by atoms with Crippen molar-refractivity contribution in [3.05, 3.63) is 38.4 Å². The Balaban J connectivity index is 2.88. The predicted octanol–water partition coefficient (Wildman–Crippen LogP) is 1.78. The van der Waals surface area contributed by atoms with E-state index in [-0.39, 0.29) is 25.1 Å². The van der Waals surface area contributed by atoms with Gasteiger partial charge in [-0.15, -0.1) is 0 Å². The Labute approximate surface area is 107 Å². The first-order valence-electron chi connectivity index (χ1n) is 5.31. The maximum Gasteiger partial charge on any atom is 0.368 e. The lowest BCUT2D eigenvalue weighted by Gasteiger charge is -2.06. The number of nitrogens with zero attached hydrogens (tertiary/aromatic N) is 2. The molecule has 19 heavy (non-hydrogen) atoms. The molecule has 1 rings (SSSR count).